The van der Waals surface area contributed by atoms with E-state index in [1.165, 1.54) is 26.4 Å². The maximum Gasteiger partial charge on any atom is 0.322 e. The van der Waals surface area contributed by atoms with Crippen LogP contribution >= 0.6 is 0 Å². The van der Waals surface area contributed by atoms with E-state index < -0.39 is 42.0 Å². The maximum absolute atomic E-state index is 12.0. The molecule has 2 aromatic carbocycles. The molecule has 372 valence electrons. The third-order valence-electron chi connectivity index (χ3n) is 8.33. The van der Waals surface area contributed by atoms with E-state index in [0.717, 1.165) is 11.1 Å². The number of hydrogen-bond donors (Lipinski definition) is 13. The van der Waals surface area contributed by atoms with Gasteiger partial charge in [0.25, 0.3) is 0 Å². The Kier molecular flexibility index (Phi) is 32.2. The van der Waals surface area contributed by atoms with Crippen LogP contribution in [-0.2, 0) is 83.8 Å². The van der Waals surface area contributed by atoms with E-state index in [1.807, 2.05) is 0 Å². The van der Waals surface area contributed by atoms with Crippen molar-refractivity contribution in [2.45, 2.75) is 77.8 Å². The highest BCUT2D eigenvalue weighted by molar-refractivity contribution is 5.95. The Labute approximate surface area is 385 Å². The SMILES string of the molecule is COC(=O)CCCCC(=O)NCC(=O)NCC(=O)NCC(=O)Nc1cc(CO)cc(CO)c1.COC(=O)CCCCC(=O)NCC(=O)NCC(=O)NCC(=O)O.Nc1cc(CO)cc(CO)c1. The van der Waals surface area contributed by atoms with Crippen LogP contribution in [0.1, 0.15) is 73.6 Å². The number of carbonyl (C=O) groups excluding carboxylic acids is 9. The number of methoxy groups -OCH3 is 2. The number of rotatable bonds is 27. The van der Waals surface area contributed by atoms with E-state index in [9.17, 15) is 58.2 Å². The molecule has 0 radical (unpaired) electrons. The standard InChI is InChI=1S/C21H30N4O8.C13H21N3O7.C8H11NO2/c1-33-21(32)5-3-2-4-17(28)22-9-18(29)23-10-19(30)24-11-20(31)25-16-7-14(12-26)6-15(8-16)13-27;1-23-13(22)5-3-2-4-9(17)14-6-10(18)15-7-11(19)16-8-12(20)21;9-8-2-6(4-10)1-7(3-8)5-11/h6-8,26-27H,2-5,9-13H2,1H3,(H,22,28)(H,23,29)(H,24,30)(H,25,31);2-8H2,1H3,(H,14,17)(H,15,18)(H,16,19)(H,20,21);1-3,10-11H,4-5,9H2. The highest BCUT2D eigenvalue weighted by Gasteiger charge is 2.12. The predicted molar refractivity (Wildman–Crippen MR) is 236 cm³/mol. The molecule has 2 aromatic rings. The molecule has 0 saturated heterocycles. The minimum absolute atomic E-state index is 0.0436. The second-order valence-corrected chi connectivity index (χ2v) is 13.9. The first-order valence-electron chi connectivity index (χ1n) is 20.6. The zero-order valence-electron chi connectivity index (χ0n) is 37.4. The van der Waals surface area contributed by atoms with Crippen molar-refractivity contribution in [3.05, 3.63) is 58.7 Å². The van der Waals surface area contributed by atoms with Gasteiger partial charge in [-0.05, 0) is 72.2 Å². The third-order valence-corrected chi connectivity index (χ3v) is 8.33. The number of aliphatic hydroxyl groups is 4. The van der Waals surface area contributed by atoms with Crippen LogP contribution in [0.2, 0.25) is 0 Å². The van der Waals surface area contributed by atoms with Gasteiger partial charge in [-0.3, -0.25) is 47.9 Å². The van der Waals surface area contributed by atoms with Crippen molar-refractivity contribution in [2.24, 2.45) is 0 Å². The van der Waals surface area contributed by atoms with Gasteiger partial charge in [0.05, 0.1) is 73.4 Å². The lowest BCUT2D eigenvalue weighted by molar-refractivity contribution is -0.141. The lowest BCUT2D eigenvalue weighted by Gasteiger charge is -2.10. The number of aliphatic hydroxyl groups excluding tert-OH is 4. The van der Waals surface area contributed by atoms with Crippen LogP contribution < -0.4 is 43.0 Å². The highest BCUT2D eigenvalue weighted by atomic mass is 16.5. The number of carbonyl (C=O) groups is 10. The summed E-state index contributed by atoms with van der Waals surface area (Å²) in [5.74, 6) is -5.51. The van der Waals surface area contributed by atoms with E-state index in [4.69, 9.17) is 21.1 Å². The van der Waals surface area contributed by atoms with Crippen LogP contribution in [0.5, 0.6) is 0 Å². The first-order chi connectivity index (χ1) is 31.9. The average molecular weight is 951 g/mol. The number of amides is 7. The quantitative estimate of drug-likeness (QED) is 0.0243. The summed E-state index contributed by atoms with van der Waals surface area (Å²) in [6.07, 6.45) is 2.74. The fourth-order valence-corrected chi connectivity index (χ4v) is 5.01. The lowest BCUT2D eigenvalue weighted by atomic mass is 10.1. The molecule has 0 spiro atoms. The summed E-state index contributed by atoms with van der Waals surface area (Å²) in [7, 11) is 2.57. The van der Waals surface area contributed by atoms with Crippen molar-refractivity contribution >= 4 is 70.6 Å². The molecular formula is C42H62N8O17. The minimum Gasteiger partial charge on any atom is -0.480 e. The fraction of sp³-hybridized carbons (Fsp3) is 0.476. The van der Waals surface area contributed by atoms with Gasteiger partial charge in [-0.25, -0.2) is 0 Å². The van der Waals surface area contributed by atoms with Crippen LogP contribution in [0.15, 0.2) is 36.4 Å². The number of benzene rings is 2. The van der Waals surface area contributed by atoms with E-state index in [0.29, 0.717) is 48.2 Å². The average Bonchev–Trinajstić information content (AvgIpc) is 3.32. The monoisotopic (exact) mass is 950 g/mol. The van der Waals surface area contributed by atoms with E-state index in [1.54, 1.807) is 24.3 Å². The van der Waals surface area contributed by atoms with Gasteiger partial charge in [-0.15, -0.1) is 0 Å². The van der Waals surface area contributed by atoms with Crippen molar-refractivity contribution in [1.29, 1.82) is 0 Å². The number of unbranched alkanes of at least 4 members (excludes halogenated alkanes) is 2. The smallest absolute Gasteiger partial charge is 0.322 e. The molecular weight excluding hydrogens is 889 g/mol. The molecule has 0 unspecified atom stereocenters. The maximum atomic E-state index is 12.0. The molecule has 0 fully saturated rings. The van der Waals surface area contributed by atoms with Crippen LogP contribution in [0, 0.1) is 0 Å². The highest BCUT2D eigenvalue weighted by Crippen LogP contribution is 2.15. The molecule has 0 aliphatic rings. The zero-order valence-corrected chi connectivity index (χ0v) is 37.4. The number of anilines is 2. The molecule has 25 heteroatoms. The molecule has 7 amide bonds. The Morgan fingerprint density at radius 3 is 1.06 bits per heavy atom. The number of nitrogen functional groups attached to an aromatic ring is 1. The third kappa shape index (κ3) is 32.1. The zero-order chi connectivity index (χ0) is 50.6. The molecule has 14 N–H and O–H groups in total. The Balaban J connectivity index is 0.00000110. The lowest BCUT2D eigenvalue weighted by Crippen LogP contribution is -2.43. The largest absolute Gasteiger partial charge is 0.480 e. The Hall–Kier alpha value is -7.22. The van der Waals surface area contributed by atoms with Crippen molar-refractivity contribution < 1.29 is 83.0 Å². The van der Waals surface area contributed by atoms with E-state index >= 15 is 0 Å². The van der Waals surface area contributed by atoms with E-state index in [-0.39, 0.29) is 109 Å². The topological polar surface area (TPSA) is 401 Å². The van der Waals surface area contributed by atoms with Crippen LogP contribution in [-0.4, -0.2) is 138 Å². The number of nitrogens with two attached hydrogens (primary N) is 1. The molecule has 0 aromatic heterocycles. The van der Waals surface area contributed by atoms with Gasteiger partial charge in [0.1, 0.15) is 6.54 Å². The second-order valence-electron chi connectivity index (χ2n) is 13.9. The number of ether oxygens (including phenoxy) is 2. The Bertz CT molecular complexity index is 1900. The Morgan fingerprint density at radius 1 is 0.433 bits per heavy atom. The van der Waals surface area contributed by atoms with Gasteiger partial charge < -0.3 is 78.0 Å². The summed E-state index contributed by atoms with van der Waals surface area (Å²) in [6.45, 7) is -2.84. The Morgan fingerprint density at radius 2 is 0.731 bits per heavy atom. The molecule has 0 bridgehead atoms. The van der Waals surface area contributed by atoms with Crippen molar-refractivity contribution in [3.8, 4) is 0 Å². The fourth-order valence-electron chi connectivity index (χ4n) is 5.01. The molecule has 0 aliphatic heterocycles. The number of hydrogen-bond acceptors (Lipinski definition) is 17. The number of nitrogens with one attached hydrogen (secondary N) is 7. The molecule has 0 atom stereocenters. The molecule has 25 nitrogen and oxygen atoms in total. The van der Waals surface area contributed by atoms with Crippen molar-refractivity contribution in [3.63, 3.8) is 0 Å². The summed E-state index contributed by atoms with van der Waals surface area (Å²) >= 11 is 0. The van der Waals surface area contributed by atoms with Gasteiger partial charge in [-0.1, -0.05) is 12.1 Å². The van der Waals surface area contributed by atoms with Gasteiger partial charge in [0.2, 0.25) is 41.4 Å². The number of carboxylic acids is 1. The number of aliphatic carboxylic acids is 1. The van der Waals surface area contributed by atoms with Gasteiger partial charge in [-0.2, -0.15) is 0 Å². The number of esters is 2. The second kappa shape index (κ2) is 36.1. The van der Waals surface area contributed by atoms with Gasteiger partial charge in [0, 0.05) is 37.1 Å². The summed E-state index contributed by atoms with van der Waals surface area (Å²) in [5, 5.41) is 60.5. The molecule has 0 aliphatic carbocycles. The number of carboxylic acid groups (broad SMARTS) is 1. The van der Waals surface area contributed by atoms with Gasteiger partial charge in [0.15, 0.2) is 0 Å². The van der Waals surface area contributed by atoms with Crippen molar-refractivity contribution in [1.82, 2.24) is 31.9 Å². The van der Waals surface area contributed by atoms with Crippen LogP contribution in [0.25, 0.3) is 0 Å². The molecule has 2 rings (SSSR count). The molecule has 0 heterocycles. The summed E-state index contributed by atoms with van der Waals surface area (Å²) in [6, 6.07) is 9.74. The first-order valence-corrected chi connectivity index (χ1v) is 20.6. The van der Waals surface area contributed by atoms with Crippen molar-refractivity contribution in [2.75, 3.05) is 64.5 Å². The van der Waals surface area contributed by atoms with E-state index in [2.05, 4.69) is 46.7 Å². The summed E-state index contributed by atoms with van der Waals surface area (Å²) in [5.41, 5.74) is 8.90. The van der Waals surface area contributed by atoms with Crippen LogP contribution in [0.3, 0.4) is 0 Å². The van der Waals surface area contributed by atoms with Crippen LogP contribution in [0.4, 0.5) is 11.4 Å². The predicted octanol–water partition coefficient (Wildman–Crippen LogP) is -2.90. The summed E-state index contributed by atoms with van der Waals surface area (Å²) in [4.78, 5) is 113. The minimum atomic E-state index is -1.19. The molecule has 67 heavy (non-hydrogen) atoms. The van der Waals surface area contributed by atoms with Gasteiger partial charge >= 0.3 is 17.9 Å². The normalized spacial score (nSPS) is 9.94. The summed E-state index contributed by atoms with van der Waals surface area (Å²) < 4.78 is 8.95. The molecule has 0 saturated carbocycles. The first kappa shape index (κ1) is 59.8.